The average molecular weight is 404 g/mol. The summed E-state index contributed by atoms with van der Waals surface area (Å²) < 4.78 is 33.0. The summed E-state index contributed by atoms with van der Waals surface area (Å²) in [6.45, 7) is 4.85. The molecule has 4 rings (SSSR count). The number of fused-ring (bicyclic) bond motifs is 1. The van der Waals surface area contributed by atoms with Gasteiger partial charge in [-0.1, -0.05) is 19.0 Å². The second kappa shape index (κ2) is 7.29. The molecule has 1 aromatic carbocycles. The second-order valence-electron chi connectivity index (χ2n) is 7.69. The molecule has 1 aromatic heterocycles. The van der Waals surface area contributed by atoms with Crippen molar-refractivity contribution in [1.82, 2.24) is 14.4 Å². The lowest BCUT2D eigenvalue weighted by atomic mass is 9.98. The predicted molar refractivity (Wildman–Crippen MR) is 103 cm³/mol. The molecule has 9 heteroatoms. The molecule has 0 unspecified atom stereocenters. The number of carbonyl (C=O) groups is 1. The Kier molecular flexibility index (Phi) is 4.96. The molecule has 1 amide bonds. The van der Waals surface area contributed by atoms with Gasteiger partial charge < -0.3 is 9.84 Å². The minimum atomic E-state index is -3.57. The van der Waals surface area contributed by atoms with Gasteiger partial charge in [-0.05, 0) is 43.0 Å². The number of amides is 1. The van der Waals surface area contributed by atoms with E-state index >= 15 is 0 Å². The fourth-order valence-corrected chi connectivity index (χ4v) is 5.18. The fraction of sp³-hybridized carbons (Fsp3) is 0.526. The van der Waals surface area contributed by atoms with Crippen LogP contribution in [0.25, 0.3) is 0 Å². The van der Waals surface area contributed by atoms with Gasteiger partial charge in [0.25, 0.3) is 0 Å². The van der Waals surface area contributed by atoms with Gasteiger partial charge in [-0.2, -0.15) is 9.29 Å². The maximum atomic E-state index is 13.1. The molecule has 1 saturated heterocycles. The van der Waals surface area contributed by atoms with Crippen LogP contribution in [0.5, 0.6) is 0 Å². The molecule has 0 saturated carbocycles. The standard InChI is InChI=1S/C19H24N4O4S/c1-12(2)18-21-19(27-22-18)13-7-9-23(10-8-13)28(25,26)15-4-5-16-14(11-15)3-6-17(24)20-16/h4-5,11-13H,3,6-10H2,1-2H3,(H,20,24). The van der Waals surface area contributed by atoms with Crippen LogP contribution in [0, 0.1) is 0 Å². The van der Waals surface area contributed by atoms with Gasteiger partial charge >= 0.3 is 0 Å². The summed E-state index contributed by atoms with van der Waals surface area (Å²) >= 11 is 0. The van der Waals surface area contributed by atoms with E-state index in [0.717, 1.165) is 5.56 Å². The molecular weight excluding hydrogens is 380 g/mol. The van der Waals surface area contributed by atoms with Crippen molar-refractivity contribution in [2.75, 3.05) is 18.4 Å². The van der Waals surface area contributed by atoms with Crippen LogP contribution in [-0.4, -0.2) is 41.9 Å². The molecule has 0 aliphatic carbocycles. The number of rotatable bonds is 4. The van der Waals surface area contributed by atoms with Crippen molar-refractivity contribution in [3.63, 3.8) is 0 Å². The van der Waals surface area contributed by atoms with Crippen LogP contribution in [0.15, 0.2) is 27.6 Å². The molecule has 1 N–H and O–H groups in total. The van der Waals surface area contributed by atoms with Gasteiger partial charge in [0.05, 0.1) is 4.90 Å². The lowest BCUT2D eigenvalue weighted by Gasteiger charge is -2.30. The zero-order chi connectivity index (χ0) is 19.9. The van der Waals surface area contributed by atoms with Crippen molar-refractivity contribution < 1.29 is 17.7 Å². The van der Waals surface area contributed by atoms with Crippen LogP contribution < -0.4 is 5.32 Å². The number of nitrogens with one attached hydrogen (secondary N) is 1. The number of hydrogen-bond acceptors (Lipinski definition) is 6. The first-order chi connectivity index (χ1) is 13.3. The van der Waals surface area contributed by atoms with Crippen LogP contribution in [0.3, 0.4) is 0 Å². The summed E-state index contributed by atoms with van der Waals surface area (Å²) in [5.41, 5.74) is 1.56. The summed E-state index contributed by atoms with van der Waals surface area (Å²) in [7, 11) is -3.57. The highest BCUT2D eigenvalue weighted by atomic mass is 32.2. The van der Waals surface area contributed by atoms with Crippen molar-refractivity contribution in [2.45, 2.75) is 56.3 Å². The molecule has 2 aliphatic rings. The topological polar surface area (TPSA) is 105 Å². The van der Waals surface area contributed by atoms with Crippen LogP contribution in [0.4, 0.5) is 5.69 Å². The summed E-state index contributed by atoms with van der Waals surface area (Å²) in [5, 5.41) is 6.79. The van der Waals surface area contributed by atoms with E-state index in [9.17, 15) is 13.2 Å². The van der Waals surface area contributed by atoms with E-state index in [0.29, 0.717) is 56.2 Å². The quantitative estimate of drug-likeness (QED) is 0.840. The number of benzene rings is 1. The van der Waals surface area contributed by atoms with Crippen LogP contribution in [-0.2, 0) is 21.2 Å². The van der Waals surface area contributed by atoms with Gasteiger partial charge in [0, 0.05) is 37.0 Å². The molecule has 3 heterocycles. The number of anilines is 1. The molecule has 1 fully saturated rings. The van der Waals surface area contributed by atoms with Gasteiger partial charge in [-0.3, -0.25) is 4.79 Å². The smallest absolute Gasteiger partial charge is 0.243 e. The summed E-state index contributed by atoms with van der Waals surface area (Å²) in [4.78, 5) is 16.2. The van der Waals surface area contributed by atoms with Crippen LogP contribution >= 0.6 is 0 Å². The highest BCUT2D eigenvalue weighted by Crippen LogP contribution is 2.32. The Morgan fingerprint density at radius 1 is 1.21 bits per heavy atom. The molecule has 0 spiro atoms. The van der Waals surface area contributed by atoms with Gasteiger partial charge in [-0.25, -0.2) is 8.42 Å². The van der Waals surface area contributed by atoms with E-state index in [1.54, 1.807) is 18.2 Å². The van der Waals surface area contributed by atoms with Gasteiger partial charge in [-0.15, -0.1) is 0 Å². The highest BCUT2D eigenvalue weighted by molar-refractivity contribution is 7.89. The van der Waals surface area contributed by atoms with Crippen molar-refractivity contribution >= 4 is 21.6 Å². The number of hydrogen-bond donors (Lipinski definition) is 1. The first-order valence-corrected chi connectivity index (χ1v) is 11.0. The third-order valence-electron chi connectivity index (χ3n) is 5.39. The molecule has 8 nitrogen and oxygen atoms in total. The lowest BCUT2D eigenvalue weighted by Crippen LogP contribution is -2.38. The zero-order valence-electron chi connectivity index (χ0n) is 16.0. The Bertz CT molecular complexity index is 991. The molecule has 150 valence electrons. The maximum Gasteiger partial charge on any atom is 0.243 e. The van der Waals surface area contributed by atoms with Gasteiger partial charge in [0.1, 0.15) is 0 Å². The second-order valence-corrected chi connectivity index (χ2v) is 9.63. The van der Waals surface area contributed by atoms with E-state index in [2.05, 4.69) is 15.5 Å². The van der Waals surface area contributed by atoms with E-state index in [1.165, 1.54) is 4.31 Å². The van der Waals surface area contributed by atoms with Crippen molar-refractivity contribution in [3.8, 4) is 0 Å². The predicted octanol–water partition coefficient (Wildman–Crippen LogP) is 2.65. The number of carbonyl (C=O) groups excluding carboxylic acids is 1. The molecule has 2 aliphatic heterocycles. The maximum absolute atomic E-state index is 13.1. The number of aryl methyl sites for hydroxylation is 1. The van der Waals surface area contributed by atoms with E-state index in [1.807, 2.05) is 13.8 Å². The monoisotopic (exact) mass is 404 g/mol. The first-order valence-electron chi connectivity index (χ1n) is 9.61. The average Bonchev–Trinajstić information content (AvgIpc) is 3.18. The van der Waals surface area contributed by atoms with Gasteiger partial charge in [0.2, 0.25) is 21.8 Å². The zero-order valence-corrected chi connectivity index (χ0v) is 16.8. The number of nitrogens with zero attached hydrogens (tertiary/aromatic N) is 3. The lowest BCUT2D eigenvalue weighted by molar-refractivity contribution is -0.116. The Morgan fingerprint density at radius 2 is 1.96 bits per heavy atom. The van der Waals surface area contributed by atoms with Crippen molar-refractivity contribution in [3.05, 3.63) is 35.5 Å². The third-order valence-corrected chi connectivity index (χ3v) is 7.28. The highest BCUT2D eigenvalue weighted by Gasteiger charge is 2.33. The van der Waals surface area contributed by atoms with E-state index in [-0.39, 0.29) is 22.6 Å². The minimum absolute atomic E-state index is 0.0353. The molecule has 28 heavy (non-hydrogen) atoms. The molecule has 0 bridgehead atoms. The minimum Gasteiger partial charge on any atom is -0.339 e. The fourth-order valence-electron chi connectivity index (χ4n) is 3.66. The molecule has 0 atom stereocenters. The molecule has 0 radical (unpaired) electrons. The largest absolute Gasteiger partial charge is 0.339 e. The van der Waals surface area contributed by atoms with Crippen molar-refractivity contribution in [1.29, 1.82) is 0 Å². The number of aromatic nitrogens is 2. The first kappa shape index (κ1) is 19.1. The molecule has 2 aromatic rings. The molecular formula is C19H24N4O4S. The third kappa shape index (κ3) is 3.56. The van der Waals surface area contributed by atoms with Crippen LogP contribution in [0.2, 0.25) is 0 Å². The Labute approximate surface area is 164 Å². The summed E-state index contributed by atoms with van der Waals surface area (Å²) in [6.07, 6.45) is 2.24. The Hall–Kier alpha value is -2.26. The Balaban J connectivity index is 1.47. The van der Waals surface area contributed by atoms with E-state index < -0.39 is 10.0 Å². The number of sulfonamides is 1. The SMILES string of the molecule is CC(C)c1noc(C2CCN(S(=O)(=O)c3ccc4c(c3)CCC(=O)N4)CC2)n1. The number of piperidine rings is 1. The Morgan fingerprint density at radius 3 is 2.64 bits per heavy atom. The normalized spacial score (nSPS) is 18.9. The van der Waals surface area contributed by atoms with Gasteiger partial charge in [0.15, 0.2) is 5.82 Å². The summed E-state index contributed by atoms with van der Waals surface area (Å²) in [6, 6.07) is 4.93. The van der Waals surface area contributed by atoms with E-state index in [4.69, 9.17) is 4.52 Å². The van der Waals surface area contributed by atoms with Crippen molar-refractivity contribution in [2.24, 2.45) is 0 Å². The van der Waals surface area contributed by atoms with Crippen LogP contribution in [0.1, 0.15) is 62.2 Å². The summed E-state index contributed by atoms with van der Waals surface area (Å²) in [5.74, 6) is 1.54.